The molecule has 4 heteroatoms. The number of amides is 1. The SMILES string of the molecule is Cc1cccc(N)c1C(=O)N1CCN(CC2CC2)CC1. The van der Waals surface area contributed by atoms with Crippen LogP contribution < -0.4 is 5.73 Å². The number of piperazine rings is 1. The molecule has 1 heterocycles. The van der Waals surface area contributed by atoms with Crippen molar-refractivity contribution in [2.24, 2.45) is 5.92 Å². The topological polar surface area (TPSA) is 49.6 Å². The van der Waals surface area contributed by atoms with Crippen molar-refractivity contribution < 1.29 is 4.79 Å². The lowest BCUT2D eigenvalue weighted by Gasteiger charge is -2.35. The zero-order valence-electron chi connectivity index (χ0n) is 12.1. The van der Waals surface area contributed by atoms with Gasteiger partial charge in [0.1, 0.15) is 0 Å². The fourth-order valence-corrected chi connectivity index (χ4v) is 2.94. The molecule has 0 spiro atoms. The molecule has 1 aromatic rings. The van der Waals surface area contributed by atoms with Crippen LogP contribution in [0.4, 0.5) is 5.69 Å². The molecule has 1 amide bonds. The van der Waals surface area contributed by atoms with Gasteiger partial charge in [0.2, 0.25) is 0 Å². The third kappa shape index (κ3) is 2.80. The highest BCUT2D eigenvalue weighted by Crippen LogP contribution is 2.30. The summed E-state index contributed by atoms with van der Waals surface area (Å²) in [6.45, 7) is 6.79. The van der Waals surface area contributed by atoms with Gasteiger partial charge in [-0.3, -0.25) is 9.69 Å². The summed E-state index contributed by atoms with van der Waals surface area (Å²) in [5.41, 5.74) is 8.22. The first-order chi connectivity index (χ1) is 9.65. The van der Waals surface area contributed by atoms with E-state index in [0.717, 1.165) is 37.7 Å². The number of nitrogens with two attached hydrogens (primary N) is 1. The molecule has 0 atom stereocenters. The first kappa shape index (κ1) is 13.4. The van der Waals surface area contributed by atoms with E-state index < -0.39 is 0 Å². The number of nitrogens with zero attached hydrogens (tertiary/aromatic N) is 2. The Labute approximate surface area is 120 Å². The Morgan fingerprint density at radius 1 is 1.25 bits per heavy atom. The summed E-state index contributed by atoms with van der Waals surface area (Å²) >= 11 is 0. The minimum Gasteiger partial charge on any atom is -0.398 e. The van der Waals surface area contributed by atoms with Crippen molar-refractivity contribution in [1.82, 2.24) is 9.80 Å². The van der Waals surface area contributed by atoms with Gasteiger partial charge in [0.05, 0.1) is 5.56 Å². The molecule has 2 fully saturated rings. The molecule has 1 aliphatic carbocycles. The largest absolute Gasteiger partial charge is 0.398 e. The van der Waals surface area contributed by atoms with Crippen molar-refractivity contribution in [3.8, 4) is 0 Å². The summed E-state index contributed by atoms with van der Waals surface area (Å²) in [6, 6.07) is 5.66. The van der Waals surface area contributed by atoms with E-state index in [0.29, 0.717) is 11.3 Å². The molecule has 1 saturated heterocycles. The number of aryl methyl sites for hydroxylation is 1. The summed E-state index contributed by atoms with van der Waals surface area (Å²) in [7, 11) is 0. The van der Waals surface area contributed by atoms with Crippen LogP contribution in [0.1, 0.15) is 28.8 Å². The van der Waals surface area contributed by atoms with Crippen molar-refractivity contribution in [2.45, 2.75) is 19.8 Å². The predicted octanol–water partition coefficient (Wildman–Crippen LogP) is 1.75. The van der Waals surface area contributed by atoms with Crippen molar-refractivity contribution in [3.05, 3.63) is 29.3 Å². The summed E-state index contributed by atoms with van der Waals surface area (Å²) in [5, 5.41) is 0. The van der Waals surface area contributed by atoms with Crippen LogP contribution in [-0.4, -0.2) is 48.4 Å². The molecule has 0 radical (unpaired) electrons. The van der Waals surface area contributed by atoms with Gasteiger partial charge in [-0.05, 0) is 37.3 Å². The van der Waals surface area contributed by atoms with Crippen molar-refractivity contribution in [3.63, 3.8) is 0 Å². The lowest BCUT2D eigenvalue weighted by molar-refractivity contribution is 0.0632. The van der Waals surface area contributed by atoms with E-state index in [4.69, 9.17) is 5.73 Å². The van der Waals surface area contributed by atoms with Gasteiger partial charge >= 0.3 is 0 Å². The number of anilines is 1. The summed E-state index contributed by atoms with van der Waals surface area (Å²) in [5.74, 6) is 1.01. The monoisotopic (exact) mass is 273 g/mol. The highest BCUT2D eigenvalue weighted by Gasteiger charge is 2.28. The maximum absolute atomic E-state index is 12.6. The molecule has 0 bridgehead atoms. The van der Waals surface area contributed by atoms with Gasteiger partial charge in [-0.25, -0.2) is 0 Å². The Morgan fingerprint density at radius 3 is 2.55 bits per heavy atom. The number of rotatable bonds is 3. The van der Waals surface area contributed by atoms with E-state index in [-0.39, 0.29) is 5.91 Å². The van der Waals surface area contributed by atoms with Gasteiger partial charge in [-0.1, -0.05) is 12.1 Å². The van der Waals surface area contributed by atoms with Crippen molar-refractivity contribution >= 4 is 11.6 Å². The number of carbonyl (C=O) groups excluding carboxylic acids is 1. The average molecular weight is 273 g/mol. The van der Waals surface area contributed by atoms with E-state index in [1.54, 1.807) is 0 Å². The smallest absolute Gasteiger partial charge is 0.256 e. The molecule has 0 aromatic heterocycles. The van der Waals surface area contributed by atoms with Gasteiger partial charge in [-0.2, -0.15) is 0 Å². The van der Waals surface area contributed by atoms with E-state index in [1.807, 2.05) is 30.0 Å². The lowest BCUT2D eigenvalue weighted by atomic mass is 10.0. The molecule has 4 nitrogen and oxygen atoms in total. The quantitative estimate of drug-likeness (QED) is 0.854. The first-order valence-corrected chi connectivity index (χ1v) is 7.52. The molecule has 0 unspecified atom stereocenters. The van der Waals surface area contributed by atoms with Crippen LogP contribution in [0.5, 0.6) is 0 Å². The van der Waals surface area contributed by atoms with Crippen LogP contribution in [0.25, 0.3) is 0 Å². The molecule has 2 aliphatic rings. The van der Waals surface area contributed by atoms with Crippen LogP contribution in [-0.2, 0) is 0 Å². The lowest BCUT2D eigenvalue weighted by Crippen LogP contribution is -2.49. The number of carbonyl (C=O) groups is 1. The zero-order chi connectivity index (χ0) is 14.1. The Morgan fingerprint density at radius 2 is 1.95 bits per heavy atom. The number of benzene rings is 1. The van der Waals surface area contributed by atoms with Gasteiger partial charge in [-0.15, -0.1) is 0 Å². The second-order valence-corrected chi connectivity index (χ2v) is 6.08. The molecular weight excluding hydrogens is 250 g/mol. The molecule has 108 valence electrons. The molecule has 1 aliphatic heterocycles. The second kappa shape index (κ2) is 5.44. The highest BCUT2D eigenvalue weighted by atomic mass is 16.2. The average Bonchev–Trinajstić information content (AvgIpc) is 3.23. The van der Waals surface area contributed by atoms with E-state index in [2.05, 4.69) is 4.90 Å². The maximum atomic E-state index is 12.6. The van der Waals surface area contributed by atoms with Gasteiger partial charge in [0, 0.05) is 38.4 Å². The summed E-state index contributed by atoms with van der Waals surface area (Å²) < 4.78 is 0. The minimum absolute atomic E-state index is 0.0895. The standard InChI is InChI=1S/C16H23N3O/c1-12-3-2-4-14(17)15(12)16(20)19-9-7-18(8-10-19)11-13-5-6-13/h2-4,13H,5-11,17H2,1H3. The Balaban J connectivity index is 1.63. The van der Waals surface area contributed by atoms with Crippen LogP contribution in [0, 0.1) is 12.8 Å². The molecule has 1 aromatic carbocycles. The fourth-order valence-electron chi connectivity index (χ4n) is 2.94. The third-order valence-corrected chi connectivity index (χ3v) is 4.39. The fraction of sp³-hybridized carbons (Fsp3) is 0.562. The molecule has 2 N–H and O–H groups in total. The Bertz CT molecular complexity index is 482. The first-order valence-electron chi connectivity index (χ1n) is 7.52. The van der Waals surface area contributed by atoms with Crippen LogP contribution >= 0.6 is 0 Å². The Kier molecular flexibility index (Phi) is 3.66. The molecule has 3 rings (SSSR count). The molecule has 1 saturated carbocycles. The highest BCUT2D eigenvalue weighted by molar-refractivity contribution is 6.00. The molecule has 20 heavy (non-hydrogen) atoms. The maximum Gasteiger partial charge on any atom is 0.256 e. The minimum atomic E-state index is 0.0895. The Hall–Kier alpha value is -1.55. The predicted molar refractivity (Wildman–Crippen MR) is 80.7 cm³/mol. The number of hydrogen-bond acceptors (Lipinski definition) is 3. The van der Waals surface area contributed by atoms with E-state index >= 15 is 0 Å². The van der Waals surface area contributed by atoms with Crippen LogP contribution in [0.3, 0.4) is 0 Å². The van der Waals surface area contributed by atoms with Gasteiger partial charge < -0.3 is 10.6 Å². The molecular formula is C16H23N3O. The summed E-state index contributed by atoms with van der Waals surface area (Å²) in [4.78, 5) is 17.0. The number of hydrogen-bond donors (Lipinski definition) is 1. The van der Waals surface area contributed by atoms with Crippen LogP contribution in [0.2, 0.25) is 0 Å². The van der Waals surface area contributed by atoms with Crippen LogP contribution in [0.15, 0.2) is 18.2 Å². The van der Waals surface area contributed by atoms with E-state index in [1.165, 1.54) is 19.4 Å². The summed E-state index contributed by atoms with van der Waals surface area (Å²) in [6.07, 6.45) is 2.78. The second-order valence-electron chi connectivity index (χ2n) is 6.08. The zero-order valence-corrected chi connectivity index (χ0v) is 12.1. The normalized spacial score (nSPS) is 20.1. The van der Waals surface area contributed by atoms with Gasteiger partial charge in [0.15, 0.2) is 0 Å². The van der Waals surface area contributed by atoms with Crippen molar-refractivity contribution in [1.29, 1.82) is 0 Å². The van der Waals surface area contributed by atoms with Gasteiger partial charge in [0.25, 0.3) is 5.91 Å². The third-order valence-electron chi connectivity index (χ3n) is 4.39. The number of nitrogen functional groups attached to an aromatic ring is 1. The van der Waals surface area contributed by atoms with E-state index in [9.17, 15) is 4.79 Å². The van der Waals surface area contributed by atoms with Crippen molar-refractivity contribution in [2.75, 3.05) is 38.5 Å².